The van der Waals surface area contributed by atoms with Crippen molar-refractivity contribution in [3.8, 4) is 0 Å². The molecule has 1 rings (SSSR count). The van der Waals surface area contributed by atoms with Gasteiger partial charge in [-0.05, 0) is 13.0 Å². The zero-order valence-electron chi connectivity index (χ0n) is 6.34. The average molecular weight is 154 g/mol. The third-order valence-electron chi connectivity index (χ3n) is 1.62. The van der Waals surface area contributed by atoms with Crippen molar-refractivity contribution in [3.63, 3.8) is 0 Å². The largest absolute Gasteiger partial charge is 0.271 e. The molecule has 1 atom stereocenters. The summed E-state index contributed by atoms with van der Waals surface area (Å²) in [6, 6.07) is 6.42. The lowest BCUT2D eigenvalue weighted by atomic mass is 10.1. The van der Waals surface area contributed by atoms with Gasteiger partial charge in [-0.25, -0.2) is 4.39 Å². The van der Waals surface area contributed by atoms with Crippen molar-refractivity contribution in [1.29, 1.82) is 0 Å². The molecule has 0 saturated heterocycles. The maximum atomic E-state index is 12.9. The van der Waals surface area contributed by atoms with Gasteiger partial charge in [0, 0.05) is 11.6 Å². The van der Waals surface area contributed by atoms with E-state index in [0.29, 0.717) is 5.56 Å². The van der Waals surface area contributed by atoms with Crippen LogP contribution in [0.2, 0.25) is 0 Å². The molecule has 60 valence electrons. The van der Waals surface area contributed by atoms with Crippen molar-refractivity contribution in [2.75, 3.05) is 0 Å². The lowest BCUT2D eigenvalue weighted by molar-refractivity contribution is 0.542. The van der Waals surface area contributed by atoms with Gasteiger partial charge in [-0.3, -0.25) is 11.3 Å². The van der Waals surface area contributed by atoms with Gasteiger partial charge in [0.2, 0.25) is 0 Å². The molecule has 11 heavy (non-hydrogen) atoms. The van der Waals surface area contributed by atoms with E-state index < -0.39 is 0 Å². The number of hydrogen-bond donors (Lipinski definition) is 2. The van der Waals surface area contributed by atoms with Crippen LogP contribution < -0.4 is 11.3 Å². The van der Waals surface area contributed by atoms with E-state index in [4.69, 9.17) is 5.84 Å². The molecule has 1 aromatic carbocycles. The van der Waals surface area contributed by atoms with Gasteiger partial charge < -0.3 is 0 Å². The summed E-state index contributed by atoms with van der Waals surface area (Å²) in [4.78, 5) is 0. The molecule has 0 bridgehead atoms. The highest BCUT2D eigenvalue weighted by molar-refractivity contribution is 5.20. The zero-order chi connectivity index (χ0) is 8.27. The Balaban J connectivity index is 2.93. The van der Waals surface area contributed by atoms with Crippen LogP contribution in [0.1, 0.15) is 18.5 Å². The fourth-order valence-corrected chi connectivity index (χ4v) is 0.916. The summed E-state index contributed by atoms with van der Waals surface area (Å²) < 4.78 is 12.9. The number of rotatable bonds is 2. The van der Waals surface area contributed by atoms with Crippen LogP contribution >= 0.6 is 0 Å². The van der Waals surface area contributed by atoms with Crippen molar-refractivity contribution < 1.29 is 4.39 Å². The molecule has 0 spiro atoms. The standard InChI is InChI=1S/C8H11FN2/c1-6(11-10)7-4-2-3-5-8(7)9/h2-6,11H,10H2,1H3/t6-/m0/s1. The number of benzene rings is 1. The number of hydrogen-bond acceptors (Lipinski definition) is 2. The van der Waals surface area contributed by atoms with Gasteiger partial charge in [0.15, 0.2) is 0 Å². The van der Waals surface area contributed by atoms with Gasteiger partial charge in [-0.2, -0.15) is 0 Å². The van der Waals surface area contributed by atoms with E-state index in [9.17, 15) is 4.39 Å². The molecule has 0 aliphatic carbocycles. The van der Waals surface area contributed by atoms with Crippen molar-refractivity contribution in [2.24, 2.45) is 5.84 Å². The summed E-state index contributed by atoms with van der Waals surface area (Å²) in [7, 11) is 0. The van der Waals surface area contributed by atoms with Crippen LogP contribution in [0.15, 0.2) is 24.3 Å². The highest BCUT2D eigenvalue weighted by Gasteiger charge is 2.06. The highest BCUT2D eigenvalue weighted by atomic mass is 19.1. The minimum absolute atomic E-state index is 0.142. The average Bonchev–Trinajstić information content (AvgIpc) is 2.04. The summed E-state index contributed by atoms with van der Waals surface area (Å²) in [6.07, 6.45) is 0. The molecule has 0 unspecified atom stereocenters. The SMILES string of the molecule is C[C@H](NN)c1ccccc1F. The first-order valence-electron chi connectivity index (χ1n) is 3.46. The summed E-state index contributed by atoms with van der Waals surface area (Å²) >= 11 is 0. The third kappa shape index (κ3) is 1.76. The molecule has 3 heteroatoms. The van der Waals surface area contributed by atoms with Gasteiger partial charge in [0.05, 0.1) is 0 Å². The second kappa shape index (κ2) is 3.46. The fourth-order valence-electron chi connectivity index (χ4n) is 0.916. The Hall–Kier alpha value is -0.930. The first-order chi connectivity index (χ1) is 5.25. The van der Waals surface area contributed by atoms with E-state index >= 15 is 0 Å². The molecule has 0 radical (unpaired) electrons. The van der Waals surface area contributed by atoms with Gasteiger partial charge in [0.25, 0.3) is 0 Å². The maximum absolute atomic E-state index is 12.9. The Morgan fingerprint density at radius 1 is 1.45 bits per heavy atom. The second-order valence-electron chi connectivity index (χ2n) is 2.41. The van der Waals surface area contributed by atoms with Crippen molar-refractivity contribution >= 4 is 0 Å². The summed E-state index contributed by atoms with van der Waals surface area (Å²) in [6.45, 7) is 1.80. The Morgan fingerprint density at radius 3 is 2.64 bits per heavy atom. The number of halogens is 1. The molecule has 1 aromatic rings. The van der Waals surface area contributed by atoms with E-state index in [1.807, 2.05) is 0 Å². The monoisotopic (exact) mass is 154 g/mol. The molecule has 0 heterocycles. The molecule has 0 aliphatic rings. The lowest BCUT2D eigenvalue weighted by Gasteiger charge is -2.10. The van der Waals surface area contributed by atoms with Crippen LogP contribution in [0.3, 0.4) is 0 Å². The Kier molecular flexibility index (Phi) is 2.57. The number of nitrogens with one attached hydrogen (secondary N) is 1. The van der Waals surface area contributed by atoms with Crippen LogP contribution in [0.25, 0.3) is 0 Å². The van der Waals surface area contributed by atoms with Crippen molar-refractivity contribution in [3.05, 3.63) is 35.6 Å². The van der Waals surface area contributed by atoms with Gasteiger partial charge in [-0.15, -0.1) is 0 Å². The van der Waals surface area contributed by atoms with Gasteiger partial charge >= 0.3 is 0 Å². The van der Waals surface area contributed by atoms with E-state index in [0.717, 1.165) is 0 Å². The Labute approximate surface area is 65.2 Å². The maximum Gasteiger partial charge on any atom is 0.128 e. The molecular formula is C8H11FN2. The number of nitrogens with two attached hydrogens (primary N) is 1. The van der Waals surface area contributed by atoms with Gasteiger partial charge in [-0.1, -0.05) is 18.2 Å². The van der Waals surface area contributed by atoms with E-state index in [2.05, 4.69) is 5.43 Å². The summed E-state index contributed by atoms with van der Waals surface area (Å²) in [5.74, 6) is 4.93. The normalized spacial score (nSPS) is 13.0. The second-order valence-corrected chi connectivity index (χ2v) is 2.41. The molecule has 0 saturated carbocycles. The predicted octanol–water partition coefficient (Wildman–Crippen LogP) is 1.35. The smallest absolute Gasteiger partial charge is 0.128 e. The minimum atomic E-state index is -0.224. The first kappa shape index (κ1) is 8.17. The third-order valence-corrected chi connectivity index (χ3v) is 1.62. The molecule has 3 N–H and O–H groups in total. The molecular weight excluding hydrogens is 143 g/mol. The lowest BCUT2D eigenvalue weighted by Crippen LogP contribution is -2.26. The molecule has 0 fully saturated rings. The minimum Gasteiger partial charge on any atom is -0.271 e. The number of hydrazine groups is 1. The van der Waals surface area contributed by atoms with E-state index in [1.54, 1.807) is 25.1 Å². The topological polar surface area (TPSA) is 38.0 Å². The van der Waals surface area contributed by atoms with Crippen LogP contribution in [0.4, 0.5) is 4.39 Å². The van der Waals surface area contributed by atoms with Gasteiger partial charge in [0.1, 0.15) is 5.82 Å². The van der Waals surface area contributed by atoms with E-state index in [1.165, 1.54) is 6.07 Å². The molecule has 0 amide bonds. The van der Waals surface area contributed by atoms with Crippen LogP contribution in [-0.4, -0.2) is 0 Å². The van der Waals surface area contributed by atoms with Crippen LogP contribution in [-0.2, 0) is 0 Å². The quantitative estimate of drug-likeness (QED) is 0.498. The first-order valence-corrected chi connectivity index (χ1v) is 3.46. The zero-order valence-corrected chi connectivity index (χ0v) is 6.34. The molecule has 2 nitrogen and oxygen atoms in total. The summed E-state index contributed by atoms with van der Waals surface area (Å²) in [5.41, 5.74) is 3.07. The van der Waals surface area contributed by atoms with Crippen molar-refractivity contribution in [2.45, 2.75) is 13.0 Å². The van der Waals surface area contributed by atoms with Crippen molar-refractivity contribution in [1.82, 2.24) is 5.43 Å². The van der Waals surface area contributed by atoms with Crippen LogP contribution in [0, 0.1) is 5.82 Å². The predicted molar refractivity (Wildman–Crippen MR) is 42.1 cm³/mol. The van der Waals surface area contributed by atoms with E-state index in [-0.39, 0.29) is 11.9 Å². The Bertz CT molecular complexity index is 237. The Morgan fingerprint density at radius 2 is 2.09 bits per heavy atom. The molecule has 0 aromatic heterocycles. The fraction of sp³-hybridized carbons (Fsp3) is 0.250. The summed E-state index contributed by atoms with van der Waals surface area (Å²) in [5, 5.41) is 0. The molecule has 0 aliphatic heterocycles. The van der Waals surface area contributed by atoms with Crippen LogP contribution in [0.5, 0.6) is 0 Å². The highest BCUT2D eigenvalue weighted by Crippen LogP contribution is 2.14.